The largest absolute Gasteiger partial charge is 0.497 e. The van der Waals surface area contributed by atoms with Gasteiger partial charge < -0.3 is 15.4 Å². The van der Waals surface area contributed by atoms with Crippen LogP contribution in [-0.2, 0) is 10.2 Å². The first-order valence-electron chi connectivity index (χ1n) is 6.55. The van der Waals surface area contributed by atoms with Crippen LogP contribution >= 0.6 is 12.4 Å². The number of nitrogens with one attached hydrogen (secondary N) is 2. The van der Waals surface area contributed by atoms with Crippen LogP contribution in [0.1, 0.15) is 25.8 Å². The lowest BCUT2D eigenvalue weighted by Gasteiger charge is -2.26. The zero-order valence-corrected chi connectivity index (χ0v) is 13.5. The van der Waals surface area contributed by atoms with Crippen molar-refractivity contribution >= 4 is 18.3 Å². The Bertz CT molecular complexity index is 405. The van der Waals surface area contributed by atoms with E-state index in [-0.39, 0.29) is 23.7 Å². The van der Waals surface area contributed by atoms with Crippen molar-refractivity contribution in [3.05, 3.63) is 29.8 Å². The van der Waals surface area contributed by atoms with E-state index in [9.17, 15) is 4.79 Å². The van der Waals surface area contributed by atoms with Crippen molar-refractivity contribution in [2.45, 2.75) is 25.7 Å². The molecule has 0 atom stereocenters. The van der Waals surface area contributed by atoms with Crippen molar-refractivity contribution < 1.29 is 9.53 Å². The second kappa shape index (κ2) is 8.82. The Morgan fingerprint density at radius 3 is 2.35 bits per heavy atom. The van der Waals surface area contributed by atoms with Gasteiger partial charge in [-0.1, -0.05) is 26.0 Å². The van der Waals surface area contributed by atoms with Gasteiger partial charge in [-0.3, -0.25) is 4.79 Å². The molecule has 4 nitrogen and oxygen atoms in total. The van der Waals surface area contributed by atoms with Crippen molar-refractivity contribution in [1.29, 1.82) is 0 Å². The van der Waals surface area contributed by atoms with Gasteiger partial charge in [-0.2, -0.15) is 0 Å². The van der Waals surface area contributed by atoms with E-state index in [1.165, 1.54) is 5.56 Å². The molecule has 0 aliphatic carbocycles. The van der Waals surface area contributed by atoms with Crippen LogP contribution in [0.4, 0.5) is 0 Å². The second-order valence-electron chi connectivity index (χ2n) is 5.24. The van der Waals surface area contributed by atoms with Crippen molar-refractivity contribution in [2.24, 2.45) is 0 Å². The predicted octanol–water partition coefficient (Wildman–Crippen LogP) is 2.12. The number of halogens is 1. The average molecular weight is 301 g/mol. The summed E-state index contributed by atoms with van der Waals surface area (Å²) in [5, 5.41) is 5.94. The summed E-state index contributed by atoms with van der Waals surface area (Å²) >= 11 is 0. The zero-order valence-electron chi connectivity index (χ0n) is 12.7. The molecule has 0 saturated heterocycles. The third kappa shape index (κ3) is 5.80. The van der Waals surface area contributed by atoms with E-state index in [1.54, 1.807) is 7.11 Å². The summed E-state index contributed by atoms with van der Waals surface area (Å²) in [5.41, 5.74) is 1.09. The summed E-state index contributed by atoms with van der Waals surface area (Å²) in [6.07, 6.45) is 0.509. The SMILES string of the molecule is CNCCC(=O)NCC(C)(C)c1ccc(OC)cc1.Cl. The molecule has 1 rings (SSSR count). The molecule has 0 fully saturated rings. The highest BCUT2D eigenvalue weighted by atomic mass is 35.5. The summed E-state index contributed by atoms with van der Waals surface area (Å²) < 4.78 is 5.15. The molecule has 1 amide bonds. The van der Waals surface area contributed by atoms with Gasteiger partial charge >= 0.3 is 0 Å². The maximum atomic E-state index is 11.6. The van der Waals surface area contributed by atoms with Crippen LogP contribution in [0.25, 0.3) is 0 Å². The van der Waals surface area contributed by atoms with Crippen LogP contribution in [0, 0.1) is 0 Å². The molecule has 1 aromatic carbocycles. The van der Waals surface area contributed by atoms with Gasteiger partial charge in [0.25, 0.3) is 0 Å². The van der Waals surface area contributed by atoms with E-state index in [0.29, 0.717) is 19.5 Å². The van der Waals surface area contributed by atoms with Crippen LogP contribution in [-0.4, -0.2) is 33.2 Å². The lowest BCUT2D eigenvalue weighted by atomic mass is 9.84. The minimum Gasteiger partial charge on any atom is -0.497 e. The standard InChI is InChI=1S/C15H24N2O2.ClH/c1-15(2,11-17-14(18)9-10-16-3)12-5-7-13(19-4)8-6-12;/h5-8,16H,9-11H2,1-4H3,(H,17,18);1H. The second-order valence-corrected chi connectivity index (χ2v) is 5.24. The molecule has 2 N–H and O–H groups in total. The summed E-state index contributed by atoms with van der Waals surface area (Å²) in [6, 6.07) is 7.97. The van der Waals surface area contributed by atoms with Crippen LogP contribution in [0.5, 0.6) is 5.75 Å². The number of amides is 1. The van der Waals surface area contributed by atoms with Crippen LogP contribution in [0.15, 0.2) is 24.3 Å². The Labute approximate surface area is 127 Å². The van der Waals surface area contributed by atoms with E-state index in [0.717, 1.165) is 5.75 Å². The highest BCUT2D eigenvalue weighted by molar-refractivity contribution is 5.85. The number of rotatable bonds is 7. The Kier molecular flexibility index (Phi) is 8.26. The van der Waals surface area contributed by atoms with Crippen molar-refractivity contribution in [1.82, 2.24) is 10.6 Å². The molecule has 1 aromatic rings. The maximum absolute atomic E-state index is 11.6. The fourth-order valence-corrected chi connectivity index (χ4v) is 1.79. The first-order chi connectivity index (χ1) is 8.99. The van der Waals surface area contributed by atoms with Crippen LogP contribution in [0.2, 0.25) is 0 Å². The van der Waals surface area contributed by atoms with Crippen molar-refractivity contribution in [2.75, 3.05) is 27.2 Å². The number of hydrogen-bond donors (Lipinski definition) is 2. The lowest BCUT2D eigenvalue weighted by Crippen LogP contribution is -2.37. The van der Waals surface area contributed by atoms with Crippen LogP contribution < -0.4 is 15.4 Å². The van der Waals surface area contributed by atoms with E-state index in [4.69, 9.17) is 4.74 Å². The molecular weight excluding hydrogens is 276 g/mol. The van der Waals surface area contributed by atoms with E-state index in [1.807, 2.05) is 31.3 Å². The first-order valence-corrected chi connectivity index (χ1v) is 6.55. The number of ether oxygens (including phenoxy) is 1. The number of carbonyl (C=O) groups is 1. The monoisotopic (exact) mass is 300 g/mol. The predicted molar refractivity (Wildman–Crippen MR) is 84.8 cm³/mol. The topological polar surface area (TPSA) is 50.4 Å². The van der Waals surface area contributed by atoms with Gasteiger partial charge in [0, 0.05) is 24.9 Å². The van der Waals surface area contributed by atoms with Gasteiger partial charge in [0.1, 0.15) is 5.75 Å². The number of methoxy groups -OCH3 is 1. The zero-order chi connectivity index (χ0) is 14.3. The molecule has 0 aliphatic heterocycles. The van der Waals surface area contributed by atoms with Crippen molar-refractivity contribution in [3.8, 4) is 5.75 Å². The fraction of sp³-hybridized carbons (Fsp3) is 0.533. The Morgan fingerprint density at radius 1 is 1.25 bits per heavy atom. The first kappa shape index (κ1) is 18.7. The van der Waals surface area contributed by atoms with Gasteiger partial charge in [0.2, 0.25) is 5.91 Å². The van der Waals surface area contributed by atoms with E-state index >= 15 is 0 Å². The van der Waals surface area contributed by atoms with Gasteiger partial charge in [0.05, 0.1) is 7.11 Å². The molecule has 0 heterocycles. The summed E-state index contributed by atoms with van der Waals surface area (Å²) in [7, 11) is 3.50. The highest BCUT2D eigenvalue weighted by Crippen LogP contribution is 2.24. The molecule has 0 radical (unpaired) electrons. The maximum Gasteiger partial charge on any atom is 0.221 e. The highest BCUT2D eigenvalue weighted by Gasteiger charge is 2.21. The van der Waals surface area contributed by atoms with Gasteiger partial charge in [-0.05, 0) is 24.7 Å². The average Bonchev–Trinajstić information content (AvgIpc) is 2.43. The lowest BCUT2D eigenvalue weighted by molar-refractivity contribution is -0.121. The van der Waals surface area contributed by atoms with Gasteiger partial charge in [0.15, 0.2) is 0 Å². The molecule has 0 unspecified atom stereocenters. The summed E-state index contributed by atoms with van der Waals surface area (Å²) in [5.74, 6) is 0.925. The van der Waals surface area contributed by atoms with Gasteiger partial charge in [-0.15, -0.1) is 12.4 Å². The quantitative estimate of drug-likeness (QED) is 0.811. The number of hydrogen-bond acceptors (Lipinski definition) is 3. The molecule has 0 bridgehead atoms. The smallest absolute Gasteiger partial charge is 0.221 e. The number of carbonyl (C=O) groups excluding carboxylic acids is 1. The molecule has 20 heavy (non-hydrogen) atoms. The Morgan fingerprint density at radius 2 is 1.85 bits per heavy atom. The minimum atomic E-state index is -0.0957. The third-order valence-corrected chi connectivity index (χ3v) is 3.20. The molecule has 114 valence electrons. The van der Waals surface area contributed by atoms with Gasteiger partial charge in [-0.25, -0.2) is 0 Å². The summed E-state index contributed by atoms with van der Waals surface area (Å²) in [6.45, 7) is 5.57. The normalized spacial score (nSPS) is 10.6. The van der Waals surface area contributed by atoms with Crippen molar-refractivity contribution in [3.63, 3.8) is 0 Å². The van der Waals surface area contributed by atoms with E-state index in [2.05, 4.69) is 24.5 Å². The molecule has 5 heteroatoms. The molecular formula is C15H25ClN2O2. The third-order valence-electron chi connectivity index (χ3n) is 3.20. The summed E-state index contributed by atoms with van der Waals surface area (Å²) in [4.78, 5) is 11.6. The Hall–Kier alpha value is -1.26. The number of benzene rings is 1. The Balaban J connectivity index is 0.00000361. The molecule has 0 spiro atoms. The molecule has 0 saturated carbocycles. The minimum absolute atomic E-state index is 0. The van der Waals surface area contributed by atoms with Crippen LogP contribution in [0.3, 0.4) is 0 Å². The molecule has 0 aromatic heterocycles. The molecule has 0 aliphatic rings. The fourth-order valence-electron chi connectivity index (χ4n) is 1.79. The van der Waals surface area contributed by atoms with E-state index < -0.39 is 0 Å².